The molecule has 4 nitrogen and oxygen atoms in total. The molecule has 0 bridgehead atoms. The van der Waals surface area contributed by atoms with Gasteiger partial charge in [0.05, 0.1) is 5.69 Å². The van der Waals surface area contributed by atoms with Gasteiger partial charge in [0, 0.05) is 16.7 Å². The van der Waals surface area contributed by atoms with Crippen LogP contribution < -0.4 is 15.1 Å². The number of hydrogen-bond acceptors (Lipinski definition) is 1. The maximum Gasteiger partial charge on any atom is 0.279 e. The van der Waals surface area contributed by atoms with Gasteiger partial charge >= 0.3 is 0 Å². The number of carbonyl (C=O) groups excluding carboxylic acids is 1. The highest BCUT2D eigenvalue weighted by molar-refractivity contribution is 6.30. The van der Waals surface area contributed by atoms with E-state index in [2.05, 4.69) is 11.4 Å². The van der Waals surface area contributed by atoms with E-state index in [4.69, 9.17) is 11.6 Å². The van der Waals surface area contributed by atoms with E-state index < -0.39 is 11.6 Å². The molecule has 0 unspecified atom stereocenters. The van der Waals surface area contributed by atoms with Gasteiger partial charge in [-0.1, -0.05) is 23.7 Å². The molecule has 1 aliphatic rings. The van der Waals surface area contributed by atoms with E-state index in [0.29, 0.717) is 0 Å². The molecule has 26 heavy (non-hydrogen) atoms. The van der Waals surface area contributed by atoms with E-state index in [1.54, 1.807) is 0 Å². The predicted octanol–water partition coefficient (Wildman–Crippen LogP) is 0.540. The number of quaternary nitrogens is 2. The van der Waals surface area contributed by atoms with Crippen LogP contribution in [0.1, 0.15) is 5.56 Å². The largest absolute Gasteiger partial charge is 0.322 e. The molecule has 1 fully saturated rings. The van der Waals surface area contributed by atoms with E-state index in [1.807, 2.05) is 18.2 Å². The first-order valence-electron chi connectivity index (χ1n) is 8.66. The highest BCUT2D eigenvalue weighted by Crippen LogP contribution is 2.14. The molecule has 0 radical (unpaired) electrons. The zero-order valence-electron chi connectivity index (χ0n) is 14.3. The predicted molar refractivity (Wildman–Crippen MR) is 96.4 cm³/mol. The summed E-state index contributed by atoms with van der Waals surface area (Å²) >= 11 is 6.02. The van der Waals surface area contributed by atoms with Crippen LogP contribution in [0.25, 0.3) is 0 Å². The molecular weight excluding hydrogens is 360 g/mol. The lowest BCUT2D eigenvalue weighted by Gasteiger charge is -2.29. The molecule has 1 saturated heterocycles. The molecule has 138 valence electrons. The Morgan fingerprint density at radius 2 is 1.77 bits per heavy atom. The summed E-state index contributed by atoms with van der Waals surface area (Å²) in [5, 5.41) is 3.27. The zero-order valence-corrected chi connectivity index (χ0v) is 15.1. The van der Waals surface area contributed by atoms with Crippen LogP contribution in [0.15, 0.2) is 42.5 Å². The molecule has 0 atom stereocenters. The third kappa shape index (κ3) is 5.24. The SMILES string of the molecule is O=C(C[NH+]1CC[NH+](Cc2cccc(Cl)c2)CC1)Nc1ccc(F)cc1F. The summed E-state index contributed by atoms with van der Waals surface area (Å²) < 4.78 is 26.5. The number of nitrogens with one attached hydrogen (secondary N) is 3. The molecule has 0 spiro atoms. The molecular formula is C19H22ClF2N3O+2. The highest BCUT2D eigenvalue weighted by Gasteiger charge is 2.25. The third-order valence-corrected chi connectivity index (χ3v) is 4.86. The minimum Gasteiger partial charge on any atom is -0.322 e. The topological polar surface area (TPSA) is 38.0 Å². The average molecular weight is 382 g/mol. The molecule has 1 heterocycles. The van der Waals surface area contributed by atoms with E-state index in [0.717, 1.165) is 49.9 Å². The number of halogens is 3. The lowest BCUT2D eigenvalue weighted by Crippen LogP contribution is -3.28. The van der Waals surface area contributed by atoms with Crippen molar-refractivity contribution in [2.75, 3.05) is 38.0 Å². The lowest BCUT2D eigenvalue weighted by atomic mass is 10.2. The fraction of sp³-hybridized carbons (Fsp3) is 0.316. The van der Waals surface area contributed by atoms with Gasteiger partial charge in [0.1, 0.15) is 44.4 Å². The average Bonchev–Trinajstić information content (AvgIpc) is 2.59. The smallest absolute Gasteiger partial charge is 0.279 e. The number of benzene rings is 2. The van der Waals surface area contributed by atoms with Gasteiger partial charge < -0.3 is 15.1 Å². The van der Waals surface area contributed by atoms with Crippen LogP contribution in [-0.2, 0) is 11.3 Å². The van der Waals surface area contributed by atoms with Crippen molar-refractivity contribution in [1.82, 2.24) is 0 Å². The first kappa shape index (κ1) is 18.8. The number of carbonyl (C=O) groups is 1. The molecule has 7 heteroatoms. The molecule has 2 aromatic rings. The van der Waals surface area contributed by atoms with E-state index in [9.17, 15) is 13.6 Å². The molecule has 1 aliphatic heterocycles. The summed E-state index contributed by atoms with van der Waals surface area (Å²) in [6.45, 7) is 4.85. The van der Waals surface area contributed by atoms with Gasteiger partial charge in [-0.05, 0) is 24.3 Å². The van der Waals surface area contributed by atoms with Crippen molar-refractivity contribution in [2.45, 2.75) is 6.54 Å². The summed E-state index contributed by atoms with van der Waals surface area (Å²) in [5.74, 6) is -1.68. The normalized spacial score (nSPS) is 20.0. The quantitative estimate of drug-likeness (QED) is 0.695. The fourth-order valence-electron chi connectivity index (χ4n) is 3.26. The van der Waals surface area contributed by atoms with Crippen molar-refractivity contribution in [2.24, 2.45) is 0 Å². The highest BCUT2D eigenvalue weighted by atomic mass is 35.5. The number of anilines is 1. The van der Waals surface area contributed by atoms with Crippen LogP contribution in [0, 0.1) is 11.6 Å². The van der Waals surface area contributed by atoms with Gasteiger partial charge in [-0.3, -0.25) is 4.79 Å². The van der Waals surface area contributed by atoms with Crippen LogP contribution in [0.3, 0.4) is 0 Å². The first-order chi connectivity index (χ1) is 12.5. The second-order valence-corrected chi connectivity index (χ2v) is 7.09. The maximum absolute atomic E-state index is 13.6. The second kappa shape index (κ2) is 8.58. The van der Waals surface area contributed by atoms with Crippen LogP contribution in [0.5, 0.6) is 0 Å². The standard InChI is InChI=1S/C19H20ClF2N3O/c20-15-3-1-2-14(10-15)12-24-6-8-25(9-7-24)13-19(26)23-18-5-4-16(21)11-17(18)22/h1-5,10-11H,6-9,12-13H2,(H,23,26)/p+2. The summed E-state index contributed by atoms with van der Waals surface area (Å²) in [5.41, 5.74) is 1.22. The van der Waals surface area contributed by atoms with Gasteiger partial charge in [-0.15, -0.1) is 0 Å². The van der Waals surface area contributed by atoms with Gasteiger partial charge in [0.25, 0.3) is 5.91 Å². The van der Waals surface area contributed by atoms with Crippen molar-refractivity contribution < 1.29 is 23.4 Å². The minimum absolute atomic E-state index is 0.0148. The Kier molecular flexibility index (Phi) is 6.19. The van der Waals surface area contributed by atoms with Crippen molar-refractivity contribution in [3.63, 3.8) is 0 Å². The van der Waals surface area contributed by atoms with E-state index in [1.165, 1.54) is 21.4 Å². The molecule has 1 amide bonds. The Labute approximate surface area is 156 Å². The van der Waals surface area contributed by atoms with E-state index in [-0.39, 0.29) is 18.1 Å². The van der Waals surface area contributed by atoms with Crippen molar-refractivity contribution >= 4 is 23.2 Å². The van der Waals surface area contributed by atoms with Crippen molar-refractivity contribution in [1.29, 1.82) is 0 Å². The Hall–Kier alpha value is -2.02. The molecule has 3 rings (SSSR count). The van der Waals surface area contributed by atoms with Crippen LogP contribution in [0.4, 0.5) is 14.5 Å². The van der Waals surface area contributed by atoms with Gasteiger partial charge in [-0.2, -0.15) is 0 Å². The zero-order chi connectivity index (χ0) is 18.5. The third-order valence-electron chi connectivity index (χ3n) is 4.62. The number of amides is 1. The minimum atomic E-state index is -0.760. The number of hydrogen-bond donors (Lipinski definition) is 3. The van der Waals surface area contributed by atoms with E-state index >= 15 is 0 Å². The molecule has 2 aromatic carbocycles. The van der Waals surface area contributed by atoms with Crippen LogP contribution >= 0.6 is 11.6 Å². The summed E-state index contributed by atoms with van der Waals surface area (Å²) in [6, 6.07) is 11.0. The Balaban J connectivity index is 1.45. The number of rotatable bonds is 5. The molecule has 0 saturated carbocycles. The summed E-state index contributed by atoms with van der Waals surface area (Å²) in [6.07, 6.45) is 0. The van der Waals surface area contributed by atoms with Crippen molar-refractivity contribution in [3.8, 4) is 0 Å². The van der Waals surface area contributed by atoms with Crippen LogP contribution in [-0.4, -0.2) is 38.6 Å². The first-order valence-corrected chi connectivity index (χ1v) is 9.04. The molecule has 0 aromatic heterocycles. The van der Waals surface area contributed by atoms with Gasteiger partial charge in [0.2, 0.25) is 0 Å². The Bertz CT molecular complexity index is 779. The fourth-order valence-corrected chi connectivity index (χ4v) is 3.47. The van der Waals surface area contributed by atoms with Crippen LogP contribution in [0.2, 0.25) is 5.02 Å². The molecule has 3 N–H and O–H groups in total. The number of piperazine rings is 1. The van der Waals surface area contributed by atoms with Crippen molar-refractivity contribution in [3.05, 3.63) is 64.7 Å². The monoisotopic (exact) mass is 381 g/mol. The second-order valence-electron chi connectivity index (χ2n) is 6.66. The maximum atomic E-state index is 13.6. The van der Waals surface area contributed by atoms with Gasteiger partial charge in [-0.25, -0.2) is 8.78 Å². The summed E-state index contributed by atoms with van der Waals surface area (Å²) in [4.78, 5) is 14.7. The molecule has 0 aliphatic carbocycles. The Morgan fingerprint density at radius 1 is 1.04 bits per heavy atom. The lowest BCUT2D eigenvalue weighted by molar-refractivity contribution is -1.02. The Morgan fingerprint density at radius 3 is 2.46 bits per heavy atom. The summed E-state index contributed by atoms with van der Waals surface area (Å²) in [7, 11) is 0. The van der Waals surface area contributed by atoms with Gasteiger partial charge in [0.15, 0.2) is 6.54 Å².